The first-order valence-corrected chi connectivity index (χ1v) is 11.5. The molecule has 6 nitrogen and oxygen atoms in total. The summed E-state index contributed by atoms with van der Waals surface area (Å²) in [7, 11) is 0. The summed E-state index contributed by atoms with van der Waals surface area (Å²) >= 11 is 6.34. The Morgan fingerprint density at radius 1 is 1.11 bits per heavy atom. The second-order valence-electron chi connectivity index (χ2n) is 8.49. The van der Waals surface area contributed by atoms with Gasteiger partial charge in [-0.05, 0) is 49.4 Å². The van der Waals surface area contributed by atoms with E-state index >= 15 is 0 Å². The highest BCUT2D eigenvalue weighted by Crippen LogP contribution is 2.36. The van der Waals surface area contributed by atoms with Gasteiger partial charge in [0, 0.05) is 23.6 Å². The van der Waals surface area contributed by atoms with Gasteiger partial charge in [0.05, 0.1) is 16.5 Å². The zero-order valence-corrected chi connectivity index (χ0v) is 19.4. The number of aromatic nitrogens is 3. The topological polar surface area (TPSA) is 71.8 Å². The molecule has 4 aromatic rings. The summed E-state index contributed by atoms with van der Waals surface area (Å²) in [6.07, 6.45) is -2.04. The Kier molecular flexibility index (Phi) is 5.88. The van der Waals surface area contributed by atoms with Gasteiger partial charge in [-0.15, -0.1) is 0 Å². The van der Waals surface area contributed by atoms with Crippen LogP contribution in [0, 0.1) is 0 Å². The molecule has 2 N–H and O–H groups in total. The molecule has 1 fully saturated rings. The number of alkyl halides is 3. The summed E-state index contributed by atoms with van der Waals surface area (Å²) < 4.78 is 42.7. The van der Waals surface area contributed by atoms with E-state index in [0.29, 0.717) is 27.2 Å². The fourth-order valence-corrected chi connectivity index (χ4v) is 4.22. The Balaban J connectivity index is 1.64. The average molecular weight is 500 g/mol. The van der Waals surface area contributed by atoms with E-state index in [1.165, 1.54) is 4.57 Å². The monoisotopic (exact) mass is 499 g/mol. The van der Waals surface area contributed by atoms with E-state index in [-0.39, 0.29) is 23.4 Å². The van der Waals surface area contributed by atoms with Gasteiger partial charge < -0.3 is 10.6 Å². The fraction of sp³-hybridized carbons (Fsp3) is 0.240. The number of nitrogens with one attached hydrogen (secondary N) is 2. The van der Waals surface area contributed by atoms with Crippen molar-refractivity contribution in [2.45, 2.75) is 38.0 Å². The van der Waals surface area contributed by atoms with Crippen LogP contribution in [0.5, 0.6) is 0 Å². The van der Waals surface area contributed by atoms with Gasteiger partial charge in [-0.3, -0.25) is 9.36 Å². The van der Waals surface area contributed by atoms with Crippen molar-refractivity contribution >= 4 is 34.1 Å². The molecule has 2 heterocycles. The summed E-state index contributed by atoms with van der Waals surface area (Å²) in [5.74, 6) is -0.234. The molecule has 35 heavy (non-hydrogen) atoms. The first-order chi connectivity index (χ1) is 16.7. The second-order valence-corrected chi connectivity index (χ2v) is 8.89. The zero-order valence-electron chi connectivity index (χ0n) is 18.6. The molecule has 0 unspecified atom stereocenters. The Morgan fingerprint density at radius 3 is 2.54 bits per heavy atom. The lowest BCUT2D eigenvalue weighted by Crippen LogP contribution is -2.26. The van der Waals surface area contributed by atoms with Crippen LogP contribution >= 0.6 is 11.6 Å². The zero-order chi connectivity index (χ0) is 24.7. The number of nitrogens with zero attached hydrogens (tertiary/aromatic N) is 3. The highest BCUT2D eigenvalue weighted by Gasteiger charge is 2.36. The molecule has 0 bridgehead atoms. The molecule has 2 aromatic heterocycles. The van der Waals surface area contributed by atoms with Crippen molar-refractivity contribution in [2.75, 3.05) is 10.6 Å². The highest BCUT2D eigenvalue weighted by molar-refractivity contribution is 6.35. The third-order valence-corrected chi connectivity index (χ3v) is 6.16. The molecule has 2 aromatic carbocycles. The van der Waals surface area contributed by atoms with Crippen LogP contribution in [0.25, 0.3) is 16.5 Å². The number of anilines is 2. The Hall–Kier alpha value is -3.59. The lowest BCUT2D eigenvalue weighted by Gasteiger charge is -2.23. The summed E-state index contributed by atoms with van der Waals surface area (Å²) in [5.41, 5.74) is -0.321. The lowest BCUT2D eigenvalue weighted by molar-refractivity contribution is -0.137. The number of rotatable bonds is 6. The third-order valence-electron chi connectivity index (χ3n) is 5.84. The predicted octanol–water partition coefficient (Wildman–Crippen LogP) is 6.20. The maximum absolute atomic E-state index is 13.8. The molecule has 0 spiro atoms. The minimum Gasteiger partial charge on any atom is -0.361 e. The average Bonchev–Trinajstić information content (AvgIpc) is 3.63. The molecule has 10 heteroatoms. The normalized spacial score (nSPS) is 14.7. The standard InChI is InChI=1S/C25H21ClF3N5O/c1-14(31-22-18(25(27,28)29)13-30-24(33-22)32-16-10-11-16)20-12-15-6-5-9-19(26)21(15)23(35)34(20)17-7-3-2-4-8-17/h2-9,12-14,16H,10-11H2,1H3,(H2,30,31,32,33)/t14-/m0/s1. The van der Waals surface area contributed by atoms with Crippen LogP contribution in [0.2, 0.25) is 5.02 Å². The summed E-state index contributed by atoms with van der Waals surface area (Å²) in [5, 5.41) is 7.13. The van der Waals surface area contributed by atoms with Crippen molar-refractivity contribution in [1.29, 1.82) is 0 Å². The number of halogens is 4. The first kappa shape index (κ1) is 23.2. The van der Waals surface area contributed by atoms with Crippen molar-refractivity contribution in [3.63, 3.8) is 0 Å². The molecule has 1 atom stereocenters. The largest absolute Gasteiger partial charge is 0.421 e. The number of hydrogen-bond acceptors (Lipinski definition) is 5. The molecule has 0 saturated heterocycles. The van der Waals surface area contributed by atoms with Gasteiger partial charge >= 0.3 is 6.18 Å². The number of para-hydroxylation sites is 1. The van der Waals surface area contributed by atoms with Crippen molar-refractivity contribution in [3.8, 4) is 5.69 Å². The van der Waals surface area contributed by atoms with Gasteiger partial charge in [0.2, 0.25) is 5.95 Å². The smallest absolute Gasteiger partial charge is 0.361 e. The van der Waals surface area contributed by atoms with Crippen molar-refractivity contribution in [1.82, 2.24) is 14.5 Å². The maximum Gasteiger partial charge on any atom is 0.421 e. The van der Waals surface area contributed by atoms with Crippen LogP contribution in [0.4, 0.5) is 24.9 Å². The highest BCUT2D eigenvalue weighted by atomic mass is 35.5. The molecule has 0 amide bonds. The molecule has 5 rings (SSSR count). The van der Waals surface area contributed by atoms with Crippen LogP contribution in [0.1, 0.15) is 37.1 Å². The summed E-state index contributed by atoms with van der Waals surface area (Å²) in [4.78, 5) is 21.5. The quantitative estimate of drug-likeness (QED) is 0.330. The molecule has 1 aliphatic carbocycles. The van der Waals surface area contributed by atoms with Gasteiger partial charge in [-0.1, -0.05) is 41.9 Å². The number of pyridine rings is 1. The van der Waals surface area contributed by atoms with Gasteiger partial charge in [0.25, 0.3) is 5.56 Å². The van der Waals surface area contributed by atoms with E-state index in [1.54, 1.807) is 55.5 Å². The fourth-order valence-electron chi connectivity index (χ4n) is 3.96. The van der Waals surface area contributed by atoms with Gasteiger partial charge in [-0.25, -0.2) is 4.98 Å². The summed E-state index contributed by atoms with van der Waals surface area (Å²) in [6.45, 7) is 1.68. The lowest BCUT2D eigenvalue weighted by atomic mass is 10.1. The molecule has 0 aliphatic heterocycles. The van der Waals surface area contributed by atoms with E-state index in [9.17, 15) is 18.0 Å². The minimum atomic E-state index is -4.66. The molecule has 1 aliphatic rings. The predicted molar refractivity (Wildman–Crippen MR) is 130 cm³/mol. The van der Waals surface area contributed by atoms with Crippen molar-refractivity contribution in [3.05, 3.63) is 87.4 Å². The van der Waals surface area contributed by atoms with Crippen molar-refractivity contribution < 1.29 is 13.2 Å². The van der Waals surface area contributed by atoms with E-state index in [2.05, 4.69) is 20.6 Å². The second kappa shape index (κ2) is 8.88. The molecular formula is C25H21ClF3N5O. The maximum atomic E-state index is 13.8. The van der Waals surface area contributed by atoms with Crippen molar-refractivity contribution in [2.24, 2.45) is 0 Å². The molecular weight excluding hydrogens is 479 g/mol. The Labute approximate surface area is 203 Å². The third kappa shape index (κ3) is 4.68. The Bertz CT molecular complexity index is 1450. The Morgan fingerprint density at radius 2 is 1.86 bits per heavy atom. The summed E-state index contributed by atoms with van der Waals surface area (Å²) in [6, 6.07) is 15.2. The van der Waals surface area contributed by atoms with E-state index < -0.39 is 17.8 Å². The first-order valence-electron chi connectivity index (χ1n) is 11.1. The van der Waals surface area contributed by atoms with E-state index in [4.69, 9.17) is 11.6 Å². The van der Waals surface area contributed by atoms with Crippen LogP contribution in [0.15, 0.2) is 65.6 Å². The van der Waals surface area contributed by atoms with E-state index in [0.717, 1.165) is 19.0 Å². The van der Waals surface area contributed by atoms with Crippen LogP contribution in [0.3, 0.4) is 0 Å². The SMILES string of the molecule is C[C@H](Nc1nc(NC2CC2)ncc1C(F)(F)F)c1cc2cccc(Cl)c2c(=O)n1-c1ccccc1. The number of fused-ring (bicyclic) bond motifs is 1. The minimum absolute atomic E-state index is 0.126. The molecule has 180 valence electrons. The van der Waals surface area contributed by atoms with Gasteiger partial charge in [0.15, 0.2) is 0 Å². The molecule has 0 radical (unpaired) electrons. The number of benzene rings is 2. The molecule has 1 saturated carbocycles. The van der Waals surface area contributed by atoms with Crippen LogP contribution in [-0.2, 0) is 6.18 Å². The van der Waals surface area contributed by atoms with E-state index in [1.807, 2.05) is 6.07 Å². The number of hydrogen-bond donors (Lipinski definition) is 2. The van der Waals surface area contributed by atoms with Gasteiger partial charge in [-0.2, -0.15) is 18.2 Å². The van der Waals surface area contributed by atoms with Crippen LogP contribution < -0.4 is 16.2 Å². The van der Waals surface area contributed by atoms with Gasteiger partial charge in [0.1, 0.15) is 11.4 Å². The van der Waals surface area contributed by atoms with Crippen LogP contribution in [-0.4, -0.2) is 20.6 Å².